The van der Waals surface area contributed by atoms with Crippen LogP contribution in [0, 0.1) is 13.8 Å². The third-order valence-corrected chi connectivity index (χ3v) is 2.30. The number of aryl methyl sites for hydroxylation is 1. The van der Waals surface area contributed by atoms with Gasteiger partial charge in [-0.1, -0.05) is 25.0 Å². The van der Waals surface area contributed by atoms with Crippen molar-refractivity contribution < 1.29 is 33.3 Å². The van der Waals surface area contributed by atoms with Gasteiger partial charge >= 0.3 is 26.0 Å². The van der Waals surface area contributed by atoms with Crippen molar-refractivity contribution in [3.63, 3.8) is 0 Å². The Hall–Kier alpha value is -0.658. The molecule has 0 amide bonds. The van der Waals surface area contributed by atoms with Crippen molar-refractivity contribution in [2.24, 2.45) is 0 Å². The topological polar surface area (TPSA) is 53.6 Å². The zero-order valence-corrected chi connectivity index (χ0v) is 11.3. The standard InChI is InChI=1S/C9H9BO3.C4H9.Li/c1-6-2-3-8-7(4-6)5-9(13-8)10(11)12;1-3-4-2;/h2-5,11-12H,1H3;1,3-4H2,2H3;/q;-1;+1. The van der Waals surface area contributed by atoms with Crippen LogP contribution in [-0.4, -0.2) is 17.2 Å². The van der Waals surface area contributed by atoms with Crippen molar-refractivity contribution in [1.29, 1.82) is 0 Å². The second kappa shape index (κ2) is 8.45. The van der Waals surface area contributed by atoms with Gasteiger partial charge in [0.2, 0.25) is 0 Å². The molecular weight excluding hydrogens is 222 g/mol. The maximum atomic E-state index is 8.86. The van der Waals surface area contributed by atoms with E-state index in [-0.39, 0.29) is 24.5 Å². The SMILES string of the molecule is Cc1ccc2oc(B(O)O)cc2c1.[CH2-]CCC.[Li+]. The van der Waals surface area contributed by atoms with Gasteiger partial charge in [-0.05, 0) is 25.1 Å². The van der Waals surface area contributed by atoms with E-state index in [9.17, 15) is 0 Å². The molecule has 2 N–H and O–H groups in total. The predicted molar refractivity (Wildman–Crippen MR) is 71.0 cm³/mol. The number of furan rings is 1. The minimum atomic E-state index is -1.53. The Morgan fingerprint density at radius 1 is 1.28 bits per heavy atom. The molecule has 0 fully saturated rings. The molecule has 0 aliphatic rings. The normalized spacial score (nSPS) is 9.39. The first-order valence-electron chi connectivity index (χ1n) is 5.74. The first-order chi connectivity index (χ1) is 8.08. The van der Waals surface area contributed by atoms with Gasteiger partial charge < -0.3 is 21.4 Å². The van der Waals surface area contributed by atoms with Crippen LogP contribution in [0.5, 0.6) is 0 Å². The zero-order valence-electron chi connectivity index (χ0n) is 11.3. The molecule has 0 saturated carbocycles. The van der Waals surface area contributed by atoms with E-state index in [1.807, 2.05) is 25.1 Å². The summed E-state index contributed by atoms with van der Waals surface area (Å²) in [5.74, 6) is 0. The van der Waals surface area contributed by atoms with E-state index < -0.39 is 7.12 Å². The Morgan fingerprint density at radius 3 is 2.39 bits per heavy atom. The molecule has 2 rings (SSSR count). The number of hydrogen-bond acceptors (Lipinski definition) is 3. The van der Waals surface area contributed by atoms with Gasteiger partial charge in [0.25, 0.3) is 0 Å². The second-order valence-corrected chi connectivity index (χ2v) is 3.92. The van der Waals surface area contributed by atoms with Crippen LogP contribution in [0.2, 0.25) is 0 Å². The monoisotopic (exact) mass is 240 g/mol. The van der Waals surface area contributed by atoms with Crippen molar-refractivity contribution in [1.82, 2.24) is 0 Å². The molecule has 92 valence electrons. The van der Waals surface area contributed by atoms with Crippen molar-refractivity contribution in [2.45, 2.75) is 26.7 Å². The minimum absolute atomic E-state index is 0. The van der Waals surface area contributed by atoms with E-state index >= 15 is 0 Å². The summed E-state index contributed by atoms with van der Waals surface area (Å²) in [6, 6.07) is 7.30. The van der Waals surface area contributed by atoms with Gasteiger partial charge in [-0.3, -0.25) is 0 Å². The number of rotatable bonds is 2. The van der Waals surface area contributed by atoms with Crippen LogP contribution in [0.15, 0.2) is 28.7 Å². The molecule has 0 unspecified atom stereocenters. The Kier molecular flexibility index (Phi) is 8.14. The summed E-state index contributed by atoms with van der Waals surface area (Å²) < 4.78 is 5.18. The van der Waals surface area contributed by atoms with Gasteiger partial charge in [0.1, 0.15) is 11.2 Å². The van der Waals surface area contributed by atoms with Crippen LogP contribution in [-0.2, 0) is 0 Å². The smallest absolute Gasteiger partial charge is 0.465 e. The average molecular weight is 240 g/mol. The first-order valence-corrected chi connectivity index (χ1v) is 5.74. The number of fused-ring (bicyclic) bond motifs is 1. The van der Waals surface area contributed by atoms with E-state index in [1.165, 1.54) is 6.42 Å². The van der Waals surface area contributed by atoms with Gasteiger partial charge in [0, 0.05) is 5.39 Å². The molecule has 5 heteroatoms. The summed E-state index contributed by atoms with van der Waals surface area (Å²) in [5.41, 5.74) is 1.97. The van der Waals surface area contributed by atoms with Gasteiger partial charge in [0.15, 0.2) is 0 Å². The summed E-state index contributed by atoms with van der Waals surface area (Å²) in [6.07, 6.45) is 2.28. The fraction of sp³-hybridized carbons (Fsp3) is 0.308. The molecule has 18 heavy (non-hydrogen) atoms. The van der Waals surface area contributed by atoms with Gasteiger partial charge in [-0.2, -0.15) is 6.42 Å². The van der Waals surface area contributed by atoms with Crippen LogP contribution in [0.25, 0.3) is 11.0 Å². The van der Waals surface area contributed by atoms with Crippen LogP contribution >= 0.6 is 0 Å². The Bertz CT molecular complexity index is 466. The van der Waals surface area contributed by atoms with Gasteiger partial charge in [-0.15, -0.1) is 0 Å². The van der Waals surface area contributed by atoms with Crippen molar-refractivity contribution in [3.05, 3.63) is 36.8 Å². The molecule has 0 radical (unpaired) electrons. The van der Waals surface area contributed by atoms with Crippen molar-refractivity contribution in [2.75, 3.05) is 0 Å². The Balaban J connectivity index is 0.000000512. The fourth-order valence-corrected chi connectivity index (χ4v) is 1.31. The van der Waals surface area contributed by atoms with Crippen LogP contribution in [0.1, 0.15) is 25.3 Å². The van der Waals surface area contributed by atoms with Crippen LogP contribution in [0.3, 0.4) is 0 Å². The van der Waals surface area contributed by atoms with E-state index in [2.05, 4.69) is 13.8 Å². The summed E-state index contributed by atoms with van der Waals surface area (Å²) in [5, 5.41) is 18.6. The zero-order chi connectivity index (χ0) is 12.8. The number of benzene rings is 1. The van der Waals surface area contributed by atoms with E-state index in [1.54, 1.807) is 6.07 Å². The summed E-state index contributed by atoms with van der Waals surface area (Å²) in [7, 11) is -1.53. The first kappa shape index (κ1) is 17.3. The van der Waals surface area contributed by atoms with Crippen LogP contribution < -0.4 is 24.5 Å². The maximum absolute atomic E-state index is 8.86. The average Bonchev–Trinajstić information content (AvgIpc) is 2.72. The summed E-state index contributed by atoms with van der Waals surface area (Å²) in [6.45, 7) is 7.70. The third-order valence-electron chi connectivity index (χ3n) is 2.30. The molecule has 3 nitrogen and oxygen atoms in total. The predicted octanol–water partition coefficient (Wildman–Crippen LogP) is -0.954. The molecule has 0 atom stereocenters. The van der Waals surface area contributed by atoms with Crippen LogP contribution in [0.4, 0.5) is 0 Å². The summed E-state index contributed by atoms with van der Waals surface area (Å²) >= 11 is 0. The van der Waals surface area contributed by atoms with E-state index in [0.717, 1.165) is 17.4 Å². The molecule has 0 bridgehead atoms. The largest absolute Gasteiger partial charge is 1.00 e. The van der Waals surface area contributed by atoms with E-state index in [4.69, 9.17) is 14.5 Å². The van der Waals surface area contributed by atoms with E-state index in [0.29, 0.717) is 5.58 Å². The third kappa shape index (κ3) is 4.91. The van der Waals surface area contributed by atoms with Crippen molar-refractivity contribution in [3.8, 4) is 0 Å². The number of hydrogen-bond donors (Lipinski definition) is 2. The minimum Gasteiger partial charge on any atom is -0.465 e. The van der Waals surface area contributed by atoms with Gasteiger partial charge in [0.05, 0.1) is 0 Å². The quantitative estimate of drug-likeness (QED) is 0.525. The molecule has 0 aliphatic carbocycles. The second-order valence-electron chi connectivity index (χ2n) is 3.92. The Labute approximate surface area is 121 Å². The maximum Gasteiger partial charge on any atom is 1.00 e. The molecule has 0 spiro atoms. The molecular formula is C13H18BLiO3. The molecule has 0 saturated heterocycles. The number of unbranched alkanes of at least 4 members (excludes halogenated alkanes) is 1. The summed E-state index contributed by atoms with van der Waals surface area (Å²) in [4.78, 5) is 0. The molecule has 1 aromatic heterocycles. The molecule has 2 aromatic rings. The van der Waals surface area contributed by atoms with Gasteiger partial charge in [-0.25, -0.2) is 0 Å². The van der Waals surface area contributed by atoms with Crippen molar-refractivity contribution >= 4 is 23.7 Å². The molecule has 1 aromatic carbocycles. The Morgan fingerprint density at radius 2 is 1.89 bits per heavy atom. The fourth-order valence-electron chi connectivity index (χ4n) is 1.31. The molecule has 1 heterocycles. The molecule has 0 aliphatic heterocycles.